The van der Waals surface area contributed by atoms with E-state index in [0.717, 1.165) is 19.1 Å². The SMILES string of the molecule is CC(=O)Oc1ccc(OC(F)(F)F)cc1C(=O)[O-]. The third-order valence-corrected chi connectivity index (χ3v) is 1.66. The molecule has 0 unspecified atom stereocenters. The number of carbonyl (C=O) groups is 2. The van der Waals surface area contributed by atoms with Crippen LogP contribution in [0.3, 0.4) is 0 Å². The molecule has 0 heterocycles. The maximum Gasteiger partial charge on any atom is 0.573 e. The van der Waals surface area contributed by atoms with Crippen molar-refractivity contribution in [3.8, 4) is 11.5 Å². The van der Waals surface area contributed by atoms with Gasteiger partial charge >= 0.3 is 12.3 Å². The second-order valence-electron chi connectivity index (χ2n) is 3.09. The predicted octanol–water partition coefficient (Wildman–Crippen LogP) is 0.874. The van der Waals surface area contributed by atoms with Crippen LogP contribution < -0.4 is 14.6 Å². The van der Waals surface area contributed by atoms with Gasteiger partial charge in [-0.3, -0.25) is 4.79 Å². The summed E-state index contributed by atoms with van der Waals surface area (Å²) in [7, 11) is 0. The molecule has 0 saturated heterocycles. The largest absolute Gasteiger partial charge is 0.573 e. The van der Waals surface area contributed by atoms with Crippen LogP contribution in [0.1, 0.15) is 17.3 Å². The number of benzene rings is 1. The Morgan fingerprint density at radius 1 is 1.28 bits per heavy atom. The Morgan fingerprint density at radius 3 is 2.33 bits per heavy atom. The molecule has 0 fully saturated rings. The number of halogens is 3. The van der Waals surface area contributed by atoms with Crippen molar-refractivity contribution in [3.05, 3.63) is 23.8 Å². The summed E-state index contributed by atoms with van der Waals surface area (Å²) in [5.41, 5.74) is -0.716. The Bertz CT molecular complexity index is 481. The number of aromatic carboxylic acids is 1. The fourth-order valence-electron chi connectivity index (χ4n) is 1.11. The lowest BCUT2D eigenvalue weighted by Gasteiger charge is -2.13. The monoisotopic (exact) mass is 263 g/mol. The average molecular weight is 263 g/mol. The van der Waals surface area contributed by atoms with Crippen molar-refractivity contribution in [1.82, 2.24) is 0 Å². The Balaban J connectivity index is 3.11. The van der Waals surface area contributed by atoms with Gasteiger partial charge in [-0.25, -0.2) is 0 Å². The molecule has 0 radical (unpaired) electrons. The van der Waals surface area contributed by atoms with Gasteiger partial charge in [-0.15, -0.1) is 13.2 Å². The zero-order valence-electron chi connectivity index (χ0n) is 8.91. The van der Waals surface area contributed by atoms with E-state index < -0.39 is 35.4 Å². The van der Waals surface area contributed by atoms with Crippen molar-refractivity contribution in [1.29, 1.82) is 0 Å². The van der Waals surface area contributed by atoms with E-state index in [0.29, 0.717) is 6.07 Å². The molecule has 0 aliphatic rings. The molecule has 0 aliphatic carbocycles. The second-order valence-corrected chi connectivity index (χ2v) is 3.09. The first-order chi connectivity index (χ1) is 8.19. The summed E-state index contributed by atoms with van der Waals surface area (Å²) in [5, 5.41) is 10.7. The first-order valence-electron chi connectivity index (χ1n) is 4.48. The molecule has 98 valence electrons. The van der Waals surface area contributed by atoms with Gasteiger partial charge in [0, 0.05) is 12.5 Å². The summed E-state index contributed by atoms with van der Waals surface area (Å²) >= 11 is 0. The summed E-state index contributed by atoms with van der Waals surface area (Å²) in [6.45, 7) is 1.01. The highest BCUT2D eigenvalue weighted by Gasteiger charge is 2.31. The van der Waals surface area contributed by atoms with Gasteiger partial charge in [0.05, 0.1) is 5.97 Å². The summed E-state index contributed by atoms with van der Waals surface area (Å²) in [5.74, 6) is -3.78. The Hall–Kier alpha value is -2.25. The van der Waals surface area contributed by atoms with Gasteiger partial charge in [0.25, 0.3) is 0 Å². The summed E-state index contributed by atoms with van der Waals surface area (Å²) in [6, 6.07) is 2.24. The maximum absolute atomic E-state index is 11.9. The summed E-state index contributed by atoms with van der Waals surface area (Å²) < 4.78 is 43.8. The molecule has 0 saturated carbocycles. The number of hydrogen-bond acceptors (Lipinski definition) is 5. The van der Waals surface area contributed by atoms with Gasteiger partial charge < -0.3 is 19.4 Å². The normalized spacial score (nSPS) is 10.9. The molecule has 0 spiro atoms. The molecule has 0 atom stereocenters. The van der Waals surface area contributed by atoms with Crippen LogP contribution in [0.5, 0.6) is 11.5 Å². The smallest absolute Gasteiger partial charge is 0.545 e. The average Bonchev–Trinajstić information content (AvgIpc) is 2.17. The predicted molar refractivity (Wildman–Crippen MR) is 48.8 cm³/mol. The number of hydrogen-bond donors (Lipinski definition) is 0. The molecule has 0 aromatic heterocycles. The highest BCUT2D eigenvalue weighted by molar-refractivity contribution is 5.90. The van der Waals surface area contributed by atoms with Gasteiger partial charge in [-0.2, -0.15) is 0 Å². The maximum atomic E-state index is 11.9. The zero-order valence-corrected chi connectivity index (χ0v) is 8.91. The highest BCUT2D eigenvalue weighted by Crippen LogP contribution is 2.28. The Labute approximate surface area is 98.7 Å². The first kappa shape index (κ1) is 13.8. The van der Waals surface area contributed by atoms with E-state index in [9.17, 15) is 27.9 Å². The first-order valence-corrected chi connectivity index (χ1v) is 4.48. The topological polar surface area (TPSA) is 75.7 Å². The Morgan fingerprint density at radius 2 is 1.89 bits per heavy atom. The fourth-order valence-corrected chi connectivity index (χ4v) is 1.11. The van der Waals surface area contributed by atoms with Crippen LogP contribution in [-0.2, 0) is 4.79 Å². The van der Waals surface area contributed by atoms with Crippen molar-refractivity contribution in [2.24, 2.45) is 0 Å². The van der Waals surface area contributed by atoms with Crippen LogP contribution in [0.25, 0.3) is 0 Å². The lowest BCUT2D eigenvalue weighted by atomic mass is 10.2. The molecule has 5 nitrogen and oxygen atoms in total. The van der Waals surface area contributed by atoms with Crippen molar-refractivity contribution < 1.29 is 37.3 Å². The minimum atomic E-state index is -4.95. The van der Waals surface area contributed by atoms with E-state index in [1.807, 2.05) is 0 Å². The molecular formula is C10H6F3O5-. The zero-order chi connectivity index (χ0) is 13.9. The number of carboxylic acid groups (broad SMARTS) is 1. The number of carbonyl (C=O) groups excluding carboxylic acids is 2. The van der Waals surface area contributed by atoms with Crippen LogP contribution in [0, 0.1) is 0 Å². The number of ether oxygens (including phenoxy) is 2. The van der Waals surface area contributed by atoms with E-state index in [1.165, 1.54) is 0 Å². The van der Waals surface area contributed by atoms with E-state index >= 15 is 0 Å². The van der Waals surface area contributed by atoms with Crippen LogP contribution in [-0.4, -0.2) is 18.3 Å². The summed E-state index contributed by atoms with van der Waals surface area (Å²) in [6.07, 6.45) is -4.95. The van der Waals surface area contributed by atoms with E-state index in [2.05, 4.69) is 9.47 Å². The van der Waals surface area contributed by atoms with Crippen LogP contribution in [0.4, 0.5) is 13.2 Å². The quantitative estimate of drug-likeness (QED) is 0.597. The second kappa shape index (κ2) is 4.94. The number of alkyl halides is 3. The van der Waals surface area contributed by atoms with Gasteiger partial charge in [-0.1, -0.05) is 0 Å². The Kier molecular flexibility index (Phi) is 3.79. The molecule has 0 bridgehead atoms. The van der Waals surface area contributed by atoms with Crippen LogP contribution >= 0.6 is 0 Å². The summed E-state index contributed by atoms with van der Waals surface area (Å²) in [4.78, 5) is 21.3. The molecule has 1 aromatic carbocycles. The fraction of sp³-hybridized carbons (Fsp3) is 0.200. The van der Waals surface area contributed by atoms with Gasteiger partial charge in [-0.05, 0) is 18.2 Å². The third kappa shape index (κ3) is 3.96. The molecule has 0 amide bonds. The van der Waals surface area contributed by atoms with E-state index in [1.54, 1.807) is 0 Å². The molecule has 0 N–H and O–H groups in total. The van der Waals surface area contributed by atoms with Gasteiger partial charge in [0.1, 0.15) is 11.5 Å². The minimum absolute atomic E-state index is 0.419. The van der Waals surface area contributed by atoms with E-state index in [-0.39, 0.29) is 0 Å². The van der Waals surface area contributed by atoms with Crippen LogP contribution in [0.2, 0.25) is 0 Å². The van der Waals surface area contributed by atoms with E-state index in [4.69, 9.17) is 0 Å². The molecular weight excluding hydrogens is 257 g/mol. The molecule has 1 rings (SSSR count). The molecule has 18 heavy (non-hydrogen) atoms. The molecule has 1 aromatic rings. The standard InChI is InChI=1S/C10H7F3O5/c1-5(14)17-8-3-2-6(18-10(11,12)13)4-7(8)9(15)16/h2-4H,1H3,(H,15,16)/p-1. The van der Waals surface area contributed by atoms with Gasteiger partial charge in [0.2, 0.25) is 0 Å². The van der Waals surface area contributed by atoms with Crippen molar-refractivity contribution >= 4 is 11.9 Å². The minimum Gasteiger partial charge on any atom is -0.545 e. The van der Waals surface area contributed by atoms with Gasteiger partial charge in [0.15, 0.2) is 0 Å². The number of carboxylic acids is 1. The van der Waals surface area contributed by atoms with Crippen LogP contribution in [0.15, 0.2) is 18.2 Å². The lowest BCUT2D eigenvalue weighted by Crippen LogP contribution is -2.24. The number of esters is 1. The van der Waals surface area contributed by atoms with Crippen molar-refractivity contribution in [3.63, 3.8) is 0 Å². The van der Waals surface area contributed by atoms with Crippen molar-refractivity contribution in [2.75, 3.05) is 0 Å². The highest BCUT2D eigenvalue weighted by atomic mass is 19.4. The van der Waals surface area contributed by atoms with Crippen molar-refractivity contribution in [2.45, 2.75) is 13.3 Å². The molecule has 8 heteroatoms. The lowest BCUT2D eigenvalue weighted by molar-refractivity contribution is -0.275. The number of rotatable bonds is 3. The third-order valence-electron chi connectivity index (χ3n) is 1.66. The molecule has 0 aliphatic heterocycles.